The molecule has 1 aromatic rings. The summed E-state index contributed by atoms with van der Waals surface area (Å²) in [4.78, 5) is 16.8. The molecule has 110 valence electrons. The van der Waals surface area contributed by atoms with Crippen LogP contribution in [0, 0.1) is 0 Å². The minimum atomic E-state index is 0.152. The van der Waals surface area contributed by atoms with Crippen molar-refractivity contribution in [2.45, 2.75) is 18.9 Å². The van der Waals surface area contributed by atoms with Crippen LogP contribution in [0.1, 0.15) is 23.2 Å². The fourth-order valence-electron chi connectivity index (χ4n) is 2.74. The lowest BCUT2D eigenvalue weighted by Crippen LogP contribution is -2.46. The highest BCUT2D eigenvalue weighted by Crippen LogP contribution is 2.16. The summed E-state index contributed by atoms with van der Waals surface area (Å²) >= 11 is 0. The number of hydrogen-bond acceptors (Lipinski definition) is 4. The topological polar surface area (TPSA) is 32.8 Å². The van der Waals surface area contributed by atoms with Crippen LogP contribution < -0.4 is 4.74 Å². The van der Waals surface area contributed by atoms with Crippen LogP contribution >= 0.6 is 0 Å². The Morgan fingerprint density at radius 2 is 2.30 bits per heavy atom. The molecule has 0 aromatic heterocycles. The zero-order valence-corrected chi connectivity index (χ0v) is 12.6. The van der Waals surface area contributed by atoms with Crippen molar-refractivity contribution in [2.75, 3.05) is 40.8 Å². The normalized spacial score (nSPS) is 20.1. The molecule has 0 radical (unpaired) electrons. The molecule has 4 heteroatoms. The van der Waals surface area contributed by atoms with Crippen LogP contribution in [0.2, 0.25) is 0 Å². The minimum absolute atomic E-state index is 0.152. The Morgan fingerprint density at radius 3 is 3.00 bits per heavy atom. The average Bonchev–Trinajstić information content (AvgIpc) is 2.47. The summed E-state index contributed by atoms with van der Waals surface area (Å²) in [5.74, 6) is 0.885. The Morgan fingerprint density at radius 1 is 1.50 bits per heavy atom. The van der Waals surface area contributed by atoms with Gasteiger partial charge in [0.05, 0.1) is 13.7 Å². The van der Waals surface area contributed by atoms with Gasteiger partial charge in [0, 0.05) is 18.2 Å². The van der Waals surface area contributed by atoms with Crippen molar-refractivity contribution >= 4 is 5.78 Å². The van der Waals surface area contributed by atoms with Crippen LogP contribution in [0.25, 0.3) is 0 Å². The van der Waals surface area contributed by atoms with E-state index in [2.05, 4.69) is 16.8 Å². The van der Waals surface area contributed by atoms with Crippen molar-refractivity contribution < 1.29 is 9.53 Å². The number of ketones is 1. The van der Waals surface area contributed by atoms with Crippen LogP contribution in [0.5, 0.6) is 5.75 Å². The van der Waals surface area contributed by atoms with Crippen molar-refractivity contribution in [1.82, 2.24) is 9.80 Å². The summed E-state index contributed by atoms with van der Waals surface area (Å²) in [5, 5.41) is 0. The smallest absolute Gasteiger partial charge is 0.176 e. The number of nitrogens with zero attached hydrogens (tertiary/aromatic N) is 2. The number of carbonyl (C=O) groups is 1. The van der Waals surface area contributed by atoms with Crippen LogP contribution in [-0.4, -0.2) is 62.5 Å². The molecule has 1 heterocycles. The number of benzene rings is 1. The van der Waals surface area contributed by atoms with Crippen LogP contribution in [-0.2, 0) is 0 Å². The molecule has 4 nitrogen and oxygen atoms in total. The van der Waals surface area contributed by atoms with E-state index in [0.717, 1.165) is 24.4 Å². The first-order valence-electron chi connectivity index (χ1n) is 7.16. The molecule has 0 amide bonds. The number of methoxy groups -OCH3 is 1. The third-order valence-corrected chi connectivity index (χ3v) is 4.01. The van der Waals surface area contributed by atoms with Gasteiger partial charge >= 0.3 is 0 Å². The van der Waals surface area contributed by atoms with Gasteiger partial charge in [0.15, 0.2) is 5.78 Å². The monoisotopic (exact) mass is 276 g/mol. The van der Waals surface area contributed by atoms with E-state index in [9.17, 15) is 4.79 Å². The molecular formula is C16H24N2O2. The Bertz CT molecular complexity index is 462. The zero-order valence-electron chi connectivity index (χ0n) is 12.6. The number of hydrogen-bond donors (Lipinski definition) is 0. The SMILES string of the molecule is COc1cccc(C(=O)CN(C)C2CCCN(C)C2)c1. The van der Waals surface area contributed by atoms with Gasteiger partial charge in [-0.25, -0.2) is 0 Å². The summed E-state index contributed by atoms with van der Waals surface area (Å²) < 4.78 is 5.17. The first-order chi connectivity index (χ1) is 9.60. The lowest BCUT2D eigenvalue weighted by atomic mass is 10.0. The second-order valence-corrected chi connectivity index (χ2v) is 5.63. The summed E-state index contributed by atoms with van der Waals surface area (Å²) in [7, 11) is 5.80. The first kappa shape index (κ1) is 15.0. The van der Waals surface area contributed by atoms with E-state index >= 15 is 0 Å². The van der Waals surface area contributed by atoms with Gasteiger partial charge in [0.25, 0.3) is 0 Å². The van der Waals surface area contributed by atoms with Gasteiger partial charge in [-0.1, -0.05) is 12.1 Å². The second kappa shape index (κ2) is 6.86. The highest BCUT2D eigenvalue weighted by molar-refractivity contribution is 5.97. The maximum Gasteiger partial charge on any atom is 0.176 e. The molecule has 1 atom stereocenters. The highest BCUT2D eigenvalue weighted by atomic mass is 16.5. The van der Waals surface area contributed by atoms with Crippen molar-refractivity contribution in [2.24, 2.45) is 0 Å². The van der Waals surface area contributed by atoms with Crippen LogP contribution in [0.4, 0.5) is 0 Å². The Hall–Kier alpha value is -1.39. The van der Waals surface area contributed by atoms with Gasteiger partial charge < -0.3 is 9.64 Å². The Balaban J connectivity index is 1.96. The van der Waals surface area contributed by atoms with Crippen molar-refractivity contribution in [3.63, 3.8) is 0 Å². The summed E-state index contributed by atoms with van der Waals surface area (Å²) in [6.45, 7) is 2.67. The maximum absolute atomic E-state index is 12.3. The number of piperidine rings is 1. The number of ether oxygens (including phenoxy) is 1. The molecule has 2 rings (SSSR count). The van der Waals surface area contributed by atoms with Gasteiger partial charge in [-0.15, -0.1) is 0 Å². The Labute approximate surface area is 121 Å². The highest BCUT2D eigenvalue weighted by Gasteiger charge is 2.22. The molecule has 0 spiro atoms. The largest absolute Gasteiger partial charge is 0.497 e. The van der Waals surface area contributed by atoms with Crippen molar-refractivity contribution in [3.05, 3.63) is 29.8 Å². The predicted molar refractivity (Wildman–Crippen MR) is 80.5 cm³/mol. The minimum Gasteiger partial charge on any atom is -0.497 e. The molecule has 0 N–H and O–H groups in total. The lowest BCUT2D eigenvalue weighted by molar-refractivity contribution is 0.0857. The van der Waals surface area contributed by atoms with E-state index in [1.54, 1.807) is 7.11 Å². The quantitative estimate of drug-likeness (QED) is 0.769. The maximum atomic E-state index is 12.3. The van der Waals surface area contributed by atoms with Gasteiger partial charge in [0.1, 0.15) is 5.75 Å². The van der Waals surface area contributed by atoms with Gasteiger partial charge in [-0.3, -0.25) is 9.69 Å². The molecule has 1 aliphatic heterocycles. The fourth-order valence-corrected chi connectivity index (χ4v) is 2.74. The van der Waals surface area contributed by atoms with E-state index in [4.69, 9.17) is 4.74 Å². The standard InChI is InChI=1S/C16H24N2O2/c1-17-9-5-7-14(11-17)18(2)12-16(19)13-6-4-8-15(10-13)20-3/h4,6,8,10,14H,5,7,9,11-12H2,1-3H3. The van der Waals surface area contributed by atoms with E-state index in [-0.39, 0.29) is 5.78 Å². The lowest BCUT2D eigenvalue weighted by Gasteiger charge is -2.35. The zero-order chi connectivity index (χ0) is 14.5. The third kappa shape index (κ3) is 3.81. The average molecular weight is 276 g/mol. The fraction of sp³-hybridized carbons (Fsp3) is 0.562. The molecule has 1 aromatic carbocycles. The molecule has 20 heavy (non-hydrogen) atoms. The number of Topliss-reactive ketones (excluding diaryl/α,β-unsaturated/α-hetero) is 1. The van der Waals surface area contributed by atoms with Gasteiger partial charge in [-0.05, 0) is 45.6 Å². The third-order valence-electron chi connectivity index (χ3n) is 4.01. The summed E-state index contributed by atoms with van der Waals surface area (Å²) in [6, 6.07) is 7.86. The number of carbonyl (C=O) groups excluding carboxylic acids is 1. The van der Waals surface area contributed by atoms with E-state index in [1.807, 2.05) is 31.3 Å². The second-order valence-electron chi connectivity index (χ2n) is 5.63. The predicted octanol–water partition coefficient (Wildman–Crippen LogP) is 1.90. The molecule has 1 fully saturated rings. The van der Waals surface area contributed by atoms with Gasteiger partial charge in [0.2, 0.25) is 0 Å². The molecule has 1 aliphatic rings. The molecular weight excluding hydrogens is 252 g/mol. The molecule has 1 saturated heterocycles. The number of rotatable bonds is 5. The van der Waals surface area contributed by atoms with Crippen molar-refractivity contribution in [1.29, 1.82) is 0 Å². The molecule has 0 bridgehead atoms. The molecule has 0 saturated carbocycles. The van der Waals surface area contributed by atoms with Crippen molar-refractivity contribution in [3.8, 4) is 5.75 Å². The summed E-state index contributed by atoms with van der Waals surface area (Å²) in [6.07, 6.45) is 2.38. The van der Waals surface area contributed by atoms with E-state index < -0.39 is 0 Å². The van der Waals surface area contributed by atoms with E-state index in [1.165, 1.54) is 12.8 Å². The van der Waals surface area contributed by atoms with Gasteiger partial charge in [-0.2, -0.15) is 0 Å². The Kier molecular flexibility index (Phi) is 5.15. The van der Waals surface area contributed by atoms with E-state index in [0.29, 0.717) is 12.6 Å². The number of likely N-dealkylation sites (N-methyl/N-ethyl adjacent to an activating group) is 2. The summed E-state index contributed by atoms with van der Waals surface area (Å²) in [5.41, 5.74) is 0.723. The van der Waals surface area contributed by atoms with Crippen LogP contribution in [0.3, 0.4) is 0 Å². The number of likely N-dealkylation sites (tertiary alicyclic amines) is 1. The van der Waals surface area contributed by atoms with Crippen LogP contribution in [0.15, 0.2) is 24.3 Å². The first-order valence-corrected chi connectivity index (χ1v) is 7.16. The molecule has 1 unspecified atom stereocenters. The molecule has 0 aliphatic carbocycles.